The number of ether oxygens (including phenoxy) is 1. The van der Waals surface area contributed by atoms with Gasteiger partial charge in [-0.3, -0.25) is 14.2 Å². The van der Waals surface area contributed by atoms with Gasteiger partial charge in [0.2, 0.25) is 0 Å². The summed E-state index contributed by atoms with van der Waals surface area (Å²) in [7, 11) is 1.71. The molecule has 2 heterocycles. The van der Waals surface area contributed by atoms with E-state index in [2.05, 4.69) is 26.0 Å². The molecule has 118 valence electrons. The van der Waals surface area contributed by atoms with Gasteiger partial charge >= 0.3 is 5.97 Å². The molecule has 2 aromatic heterocycles. The van der Waals surface area contributed by atoms with Crippen LogP contribution < -0.4 is 5.56 Å². The Morgan fingerprint density at radius 1 is 1.41 bits per heavy atom. The van der Waals surface area contributed by atoms with Crippen molar-refractivity contribution in [1.82, 2.24) is 19.3 Å². The zero-order valence-corrected chi connectivity index (χ0v) is 13.9. The Morgan fingerprint density at radius 2 is 2.14 bits per heavy atom. The van der Waals surface area contributed by atoms with E-state index < -0.39 is 5.97 Å². The molecule has 0 atom stereocenters. The average molecular weight is 369 g/mol. The van der Waals surface area contributed by atoms with Crippen LogP contribution in [0.1, 0.15) is 32.1 Å². The summed E-state index contributed by atoms with van der Waals surface area (Å²) >= 11 is 3.25. The Bertz CT molecular complexity index is 761. The Hall–Kier alpha value is -1.70. The van der Waals surface area contributed by atoms with Crippen molar-refractivity contribution in [2.45, 2.75) is 44.8 Å². The van der Waals surface area contributed by atoms with E-state index in [1.807, 2.05) is 0 Å². The van der Waals surface area contributed by atoms with Crippen molar-refractivity contribution < 1.29 is 9.53 Å². The molecular weight excluding hydrogens is 352 g/mol. The number of carbonyl (C=O) groups excluding carboxylic acids is 1. The lowest BCUT2D eigenvalue weighted by molar-refractivity contribution is -0.151. The number of hydrogen-bond acceptors (Lipinski definition) is 5. The highest BCUT2D eigenvalue weighted by Crippen LogP contribution is 2.20. The number of carbonyl (C=O) groups is 1. The molecule has 0 unspecified atom stereocenters. The van der Waals surface area contributed by atoms with Gasteiger partial charge in [0.1, 0.15) is 29.0 Å². The lowest BCUT2D eigenvalue weighted by atomic mass is 9.98. The molecule has 0 aliphatic heterocycles. The zero-order valence-electron chi connectivity index (χ0n) is 12.3. The van der Waals surface area contributed by atoms with Crippen LogP contribution >= 0.6 is 15.9 Å². The summed E-state index contributed by atoms with van der Waals surface area (Å²) in [6.45, 7) is -0.125. The second-order valence-electron chi connectivity index (χ2n) is 5.54. The Morgan fingerprint density at radius 3 is 2.86 bits per heavy atom. The van der Waals surface area contributed by atoms with Crippen LogP contribution in [0.4, 0.5) is 0 Å². The highest BCUT2D eigenvalue weighted by Gasteiger charge is 2.19. The molecule has 1 aliphatic carbocycles. The van der Waals surface area contributed by atoms with Gasteiger partial charge in [-0.2, -0.15) is 5.10 Å². The van der Waals surface area contributed by atoms with Crippen LogP contribution in [0.25, 0.3) is 11.0 Å². The molecule has 0 N–H and O–H groups in total. The van der Waals surface area contributed by atoms with Crippen LogP contribution in [-0.4, -0.2) is 31.4 Å². The molecule has 8 heteroatoms. The summed E-state index contributed by atoms with van der Waals surface area (Å²) in [5, 5.41) is 4.48. The summed E-state index contributed by atoms with van der Waals surface area (Å²) in [6, 6.07) is 0. The van der Waals surface area contributed by atoms with Crippen LogP contribution in [-0.2, 0) is 23.1 Å². The standard InChI is InChI=1S/C14H17BrN4O3/c1-18-13-11(12(15)17-18)14(21)19(8-16-13)7-10(20)22-9-5-3-2-4-6-9/h8-9H,2-7H2,1H3. The second-order valence-corrected chi connectivity index (χ2v) is 6.29. The van der Waals surface area contributed by atoms with Crippen LogP contribution in [0.3, 0.4) is 0 Å². The van der Waals surface area contributed by atoms with Crippen molar-refractivity contribution in [3.8, 4) is 0 Å². The van der Waals surface area contributed by atoms with Gasteiger partial charge in [0, 0.05) is 7.05 Å². The number of aromatic nitrogens is 4. The second kappa shape index (κ2) is 6.20. The Kier molecular flexibility index (Phi) is 4.28. The molecule has 0 radical (unpaired) electrons. The fraction of sp³-hybridized carbons (Fsp3) is 0.571. The summed E-state index contributed by atoms with van der Waals surface area (Å²) in [6.07, 6.45) is 6.54. The van der Waals surface area contributed by atoms with Gasteiger partial charge in [0.25, 0.3) is 5.56 Å². The van der Waals surface area contributed by atoms with Gasteiger partial charge in [-0.15, -0.1) is 0 Å². The molecule has 3 rings (SSSR count). The highest BCUT2D eigenvalue weighted by molar-refractivity contribution is 9.10. The van der Waals surface area contributed by atoms with E-state index in [0.717, 1.165) is 25.7 Å². The quantitative estimate of drug-likeness (QED) is 0.771. The number of nitrogens with zero attached hydrogens (tertiary/aromatic N) is 4. The van der Waals surface area contributed by atoms with E-state index in [1.54, 1.807) is 7.05 Å². The van der Waals surface area contributed by atoms with E-state index in [-0.39, 0.29) is 18.2 Å². The summed E-state index contributed by atoms with van der Waals surface area (Å²) < 4.78 is 8.65. The average Bonchev–Trinajstić information content (AvgIpc) is 2.78. The molecule has 1 fully saturated rings. The molecule has 7 nitrogen and oxygen atoms in total. The van der Waals surface area contributed by atoms with Gasteiger partial charge in [-0.05, 0) is 41.6 Å². The smallest absolute Gasteiger partial charge is 0.326 e. The predicted octanol–water partition coefficient (Wildman–Crippen LogP) is 1.77. The van der Waals surface area contributed by atoms with E-state index in [1.165, 1.54) is 22.0 Å². The first kappa shape index (κ1) is 15.2. The Balaban J connectivity index is 1.79. The van der Waals surface area contributed by atoms with Gasteiger partial charge in [0.15, 0.2) is 5.65 Å². The highest BCUT2D eigenvalue weighted by atomic mass is 79.9. The summed E-state index contributed by atoms with van der Waals surface area (Å²) in [5.74, 6) is -0.393. The van der Waals surface area contributed by atoms with E-state index >= 15 is 0 Å². The number of rotatable bonds is 3. The third-order valence-corrected chi connectivity index (χ3v) is 4.47. The molecule has 0 saturated heterocycles. The van der Waals surface area contributed by atoms with Crippen molar-refractivity contribution in [2.75, 3.05) is 0 Å². The van der Waals surface area contributed by atoms with E-state index in [4.69, 9.17) is 4.74 Å². The molecule has 2 aromatic rings. The number of esters is 1. The van der Waals surface area contributed by atoms with Crippen LogP contribution in [0.5, 0.6) is 0 Å². The van der Waals surface area contributed by atoms with Crippen molar-refractivity contribution in [3.63, 3.8) is 0 Å². The number of fused-ring (bicyclic) bond motifs is 1. The SMILES string of the molecule is Cn1nc(Br)c2c(=O)n(CC(=O)OC3CCCCC3)cnc21. The van der Waals surface area contributed by atoms with Gasteiger partial charge in [-0.25, -0.2) is 9.67 Å². The lowest BCUT2D eigenvalue weighted by Gasteiger charge is -2.21. The van der Waals surface area contributed by atoms with E-state index in [0.29, 0.717) is 15.6 Å². The summed E-state index contributed by atoms with van der Waals surface area (Å²) in [5.41, 5.74) is 0.180. The first-order valence-corrected chi connectivity index (χ1v) is 8.12. The minimum Gasteiger partial charge on any atom is -0.461 e. The van der Waals surface area contributed by atoms with Crippen molar-refractivity contribution in [3.05, 3.63) is 21.3 Å². The van der Waals surface area contributed by atoms with Crippen molar-refractivity contribution >= 4 is 32.9 Å². The van der Waals surface area contributed by atoms with Crippen LogP contribution in [0.15, 0.2) is 15.7 Å². The number of hydrogen-bond donors (Lipinski definition) is 0. The maximum absolute atomic E-state index is 12.4. The molecule has 22 heavy (non-hydrogen) atoms. The fourth-order valence-corrected chi connectivity index (χ4v) is 3.38. The fourth-order valence-electron chi connectivity index (χ4n) is 2.79. The van der Waals surface area contributed by atoms with Crippen LogP contribution in [0, 0.1) is 0 Å². The number of aryl methyl sites for hydroxylation is 1. The maximum Gasteiger partial charge on any atom is 0.326 e. The third kappa shape index (κ3) is 2.92. The topological polar surface area (TPSA) is 79.0 Å². The number of halogens is 1. The van der Waals surface area contributed by atoms with Crippen molar-refractivity contribution in [2.24, 2.45) is 7.05 Å². The third-order valence-electron chi connectivity index (χ3n) is 3.92. The lowest BCUT2D eigenvalue weighted by Crippen LogP contribution is -2.29. The molecule has 0 aromatic carbocycles. The Labute approximate surface area is 135 Å². The van der Waals surface area contributed by atoms with Crippen molar-refractivity contribution in [1.29, 1.82) is 0 Å². The van der Waals surface area contributed by atoms with E-state index in [9.17, 15) is 9.59 Å². The maximum atomic E-state index is 12.4. The molecule has 0 bridgehead atoms. The molecule has 1 aliphatic rings. The monoisotopic (exact) mass is 368 g/mol. The molecular formula is C14H17BrN4O3. The minimum atomic E-state index is -0.393. The first-order chi connectivity index (χ1) is 10.6. The minimum absolute atomic E-state index is 0.0150. The molecule has 1 saturated carbocycles. The van der Waals surface area contributed by atoms with Gasteiger partial charge < -0.3 is 4.74 Å². The first-order valence-electron chi connectivity index (χ1n) is 7.33. The molecule has 0 amide bonds. The van der Waals surface area contributed by atoms with Gasteiger partial charge in [0.05, 0.1) is 0 Å². The van der Waals surface area contributed by atoms with Crippen LogP contribution in [0.2, 0.25) is 0 Å². The zero-order chi connectivity index (χ0) is 15.7. The summed E-state index contributed by atoms with van der Waals surface area (Å²) in [4.78, 5) is 28.6. The van der Waals surface area contributed by atoms with Gasteiger partial charge in [-0.1, -0.05) is 6.42 Å². The normalized spacial score (nSPS) is 16.1. The largest absolute Gasteiger partial charge is 0.461 e. The molecule has 0 spiro atoms. The predicted molar refractivity (Wildman–Crippen MR) is 83.4 cm³/mol.